The van der Waals surface area contributed by atoms with Crippen molar-refractivity contribution < 1.29 is 17.9 Å². The first-order chi connectivity index (χ1) is 8.91. The number of hydrogen-bond acceptors (Lipinski definition) is 3. The Morgan fingerprint density at radius 1 is 1.16 bits per heavy atom. The fraction of sp³-hybridized carbons (Fsp3) is 0.167. The van der Waals surface area contributed by atoms with Gasteiger partial charge in [0.05, 0.1) is 12.8 Å². The standard InChI is InChI=1S/C12H8ClF3N2O/c1-19-9-5-3-2-4-7(9)8-6-10(13)18-11(17-8)12(14,15)16/h2-6H,1H3. The molecule has 0 bridgehead atoms. The van der Waals surface area contributed by atoms with Crippen LogP contribution in [0.15, 0.2) is 30.3 Å². The highest BCUT2D eigenvalue weighted by atomic mass is 35.5. The van der Waals surface area contributed by atoms with E-state index in [-0.39, 0.29) is 10.8 Å². The summed E-state index contributed by atoms with van der Waals surface area (Å²) in [7, 11) is 1.42. The van der Waals surface area contributed by atoms with E-state index in [1.165, 1.54) is 13.2 Å². The molecule has 0 radical (unpaired) electrons. The molecule has 0 atom stereocenters. The summed E-state index contributed by atoms with van der Waals surface area (Å²) in [5.41, 5.74) is 0.476. The average molecular weight is 289 g/mol. The molecule has 0 amide bonds. The molecule has 3 nitrogen and oxygen atoms in total. The van der Waals surface area contributed by atoms with Crippen LogP contribution in [0.4, 0.5) is 13.2 Å². The number of ether oxygens (including phenoxy) is 1. The predicted molar refractivity (Wildman–Crippen MR) is 64.0 cm³/mol. The molecule has 0 aliphatic heterocycles. The van der Waals surface area contributed by atoms with Crippen LogP contribution in [-0.2, 0) is 6.18 Å². The van der Waals surface area contributed by atoms with Crippen LogP contribution >= 0.6 is 11.6 Å². The van der Waals surface area contributed by atoms with E-state index in [0.29, 0.717) is 11.3 Å². The van der Waals surface area contributed by atoms with Gasteiger partial charge in [0.1, 0.15) is 10.9 Å². The van der Waals surface area contributed by atoms with Gasteiger partial charge in [-0.05, 0) is 12.1 Å². The molecule has 100 valence electrons. The summed E-state index contributed by atoms with van der Waals surface area (Å²) >= 11 is 5.61. The monoisotopic (exact) mass is 288 g/mol. The Bertz CT molecular complexity index is 602. The van der Waals surface area contributed by atoms with Crippen LogP contribution in [-0.4, -0.2) is 17.1 Å². The largest absolute Gasteiger partial charge is 0.496 e. The van der Waals surface area contributed by atoms with Gasteiger partial charge in [0.25, 0.3) is 0 Å². The number of benzene rings is 1. The minimum atomic E-state index is -4.65. The van der Waals surface area contributed by atoms with Crippen molar-refractivity contribution in [1.29, 1.82) is 0 Å². The highest BCUT2D eigenvalue weighted by molar-refractivity contribution is 6.29. The normalized spacial score (nSPS) is 11.4. The highest BCUT2D eigenvalue weighted by Gasteiger charge is 2.35. The van der Waals surface area contributed by atoms with Crippen molar-refractivity contribution in [3.05, 3.63) is 41.3 Å². The molecule has 1 aromatic carbocycles. The second-order valence-corrected chi connectivity index (χ2v) is 3.98. The van der Waals surface area contributed by atoms with Crippen molar-refractivity contribution in [2.45, 2.75) is 6.18 Å². The van der Waals surface area contributed by atoms with Gasteiger partial charge in [0.2, 0.25) is 5.82 Å². The van der Waals surface area contributed by atoms with Crippen LogP contribution in [0.5, 0.6) is 5.75 Å². The maximum absolute atomic E-state index is 12.6. The number of aromatic nitrogens is 2. The molecular formula is C12H8ClF3N2O. The van der Waals surface area contributed by atoms with Gasteiger partial charge in [-0.1, -0.05) is 23.7 Å². The summed E-state index contributed by atoms with van der Waals surface area (Å²) in [6, 6.07) is 7.85. The topological polar surface area (TPSA) is 35.0 Å². The zero-order chi connectivity index (χ0) is 14.0. The second-order valence-electron chi connectivity index (χ2n) is 3.60. The summed E-state index contributed by atoms with van der Waals surface area (Å²) in [5.74, 6) is -0.869. The summed E-state index contributed by atoms with van der Waals surface area (Å²) in [6.45, 7) is 0. The molecule has 0 spiro atoms. The van der Waals surface area contributed by atoms with Gasteiger partial charge >= 0.3 is 6.18 Å². The fourth-order valence-electron chi connectivity index (χ4n) is 1.54. The van der Waals surface area contributed by atoms with Gasteiger partial charge in [-0.2, -0.15) is 13.2 Å². The molecule has 0 unspecified atom stereocenters. The predicted octanol–water partition coefficient (Wildman–Crippen LogP) is 3.82. The van der Waals surface area contributed by atoms with Crippen LogP contribution in [0.1, 0.15) is 5.82 Å². The third-order valence-electron chi connectivity index (χ3n) is 2.33. The van der Waals surface area contributed by atoms with Gasteiger partial charge in [-0.15, -0.1) is 0 Å². The third-order valence-corrected chi connectivity index (χ3v) is 2.52. The van der Waals surface area contributed by atoms with Crippen molar-refractivity contribution in [3.8, 4) is 17.0 Å². The van der Waals surface area contributed by atoms with E-state index < -0.39 is 12.0 Å². The number of para-hydroxylation sites is 1. The minimum absolute atomic E-state index is 0.0600. The summed E-state index contributed by atoms with van der Waals surface area (Å²) < 4.78 is 43.0. The number of halogens is 4. The first-order valence-corrected chi connectivity index (χ1v) is 5.55. The summed E-state index contributed by atoms with van der Waals surface area (Å²) in [5, 5.41) is -0.275. The first-order valence-electron chi connectivity index (χ1n) is 5.17. The van der Waals surface area contributed by atoms with Crippen molar-refractivity contribution in [3.63, 3.8) is 0 Å². The lowest BCUT2D eigenvalue weighted by molar-refractivity contribution is -0.144. The fourth-order valence-corrected chi connectivity index (χ4v) is 1.72. The van der Waals surface area contributed by atoms with Crippen LogP contribution in [0.2, 0.25) is 5.15 Å². The Balaban J connectivity index is 2.60. The van der Waals surface area contributed by atoms with Gasteiger partial charge in [0, 0.05) is 11.6 Å². The van der Waals surface area contributed by atoms with E-state index in [9.17, 15) is 13.2 Å². The zero-order valence-electron chi connectivity index (χ0n) is 9.70. The lowest BCUT2D eigenvalue weighted by Crippen LogP contribution is -2.11. The third kappa shape index (κ3) is 2.96. The molecule has 0 aliphatic rings. The summed E-state index contributed by atoms with van der Waals surface area (Å²) in [6.07, 6.45) is -4.65. The molecule has 7 heteroatoms. The number of hydrogen-bond donors (Lipinski definition) is 0. The molecule has 0 saturated heterocycles. The maximum atomic E-state index is 12.6. The van der Waals surface area contributed by atoms with Crippen LogP contribution < -0.4 is 4.74 Å². The Hall–Kier alpha value is -1.82. The van der Waals surface area contributed by atoms with Gasteiger partial charge in [0.15, 0.2) is 0 Å². The van der Waals surface area contributed by atoms with Crippen molar-refractivity contribution >= 4 is 11.6 Å². The Morgan fingerprint density at radius 3 is 2.47 bits per heavy atom. The van der Waals surface area contributed by atoms with Crippen LogP contribution in [0, 0.1) is 0 Å². The molecule has 19 heavy (non-hydrogen) atoms. The molecule has 1 aromatic heterocycles. The van der Waals surface area contributed by atoms with Crippen molar-refractivity contribution in [1.82, 2.24) is 9.97 Å². The molecule has 0 N–H and O–H groups in total. The molecule has 2 aromatic rings. The lowest BCUT2D eigenvalue weighted by Gasteiger charge is -2.10. The highest BCUT2D eigenvalue weighted by Crippen LogP contribution is 2.33. The summed E-state index contributed by atoms with van der Waals surface area (Å²) in [4.78, 5) is 6.66. The zero-order valence-corrected chi connectivity index (χ0v) is 10.5. The number of nitrogens with zero attached hydrogens (tertiary/aromatic N) is 2. The van der Waals surface area contributed by atoms with Gasteiger partial charge < -0.3 is 4.74 Å². The second kappa shape index (κ2) is 5.05. The molecule has 0 saturated carbocycles. The van der Waals surface area contributed by atoms with E-state index in [2.05, 4.69) is 9.97 Å². The molecule has 1 heterocycles. The van der Waals surface area contributed by atoms with Gasteiger partial charge in [-0.3, -0.25) is 0 Å². The minimum Gasteiger partial charge on any atom is -0.496 e. The lowest BCUT2D eigenvalue weighted by atomic mass is 10.1. The Labute approximate surface area is 112 Å². The molecule has 0 aliphatic carbocycles. The first kappa shape index (κ1) is 13.6. The van der Waals surface area contributed by atoms with E-state index >= 15 is 0 Å². The SMILES string of the molecule is COc1ccccc1-c1cc(Cl)nc(C(F)(F)F)n1. The Kier molecular flexibility index (Phi) is 3.61. The smallest absolute Gasteiger partial charge is 0.451 e. The van der Waals surface area contributed by atoms with Gasteiger partial charge in [-0.25, -0.2) is 9.97 Å². The number of methoxy groups -OCH3 is 1. The molecule has 2 rings (SSSR count). The van der Waals surface area contributed by atoms with Crippen LogP contribution in [0.25, 0.3) is 11.3 Å². The maximum Gasteiger partial charge on any atom is 0.451 e. The van der Waals surface area contributed by atoms with E-state index in [1.807, 2.05) is 0 Å². The number of alkyl halides is 3. The van der Waals surface area contributed by atoms with E-state index in [4.69, 9.17) is 16.3 Å². The van der Waals surface area contributed by atoms with E-state index in [1.54, 1.807) is 24.3 Å². The van der Waals surface area contributed by atoms with Crippen LogP contribution in [0.3, 0.4) is 0 Å². The average Bonchev–Trinajstić information content (AvgIpc) is 2.37. The molecular weight excluding hydrogens is 281 g/mol. The molecule has 0 fully saturated rings. The van der Waals surface area contributed by atoms with E-state index in [0.717, 1.165) is 0 Å². The Morgan fingerprint density at radius 2 is 1.84 bits per heavy atom. The number of rotatable bonds is 2. The van der Waals surface area contributed by atoms with Crippen molar-refractivity contribution in [2.75, 3.05) is 7.11 Å². The van der Waals surface area contributed by atoms with Crippen molar-refractivity contribution in [2.24, 2.45) is 0 Å². The quantitative estimate of drug-likeness (QED) is 0.788.